The van der Waals surface area contributed by atoms with Gasteiger partial charge in [-0.15, -0.1) is 0 Å². The van der Waals surface area contributed by atoms with E-state index in [4.69, 9.17) is 0 Å². The van der Waals surface area contributed by atoms with Crippen LogP contribution in [-0.2, 0) is 31.2 Å². The Balaban J connectivity index is 1.48. The van der Waals surface area contributed by atoms with Gasteiger partial charge in [-0.25, -0.2) is 4.98 Å². The van der Waals surface area contributed by atoms with Crippen molar-refractivity contribution < 1.29 is 4.79 Å². The van der Waals surface area contributed by atoms with Gasteiger partial charge in [0.2, 0.25) is 5.91 Å². The molecule has 2 heterocycles. The minimum atomic E-state index is -0.260. The lowest BCUT2D eigenvalue weighted by atomic mass is 9.89. The summed E-state index contributed by atoms with van der Waals surface area (Å²) in [4.78, 5) is 29.2. The monoisotopic (exact) mass is 365 g/mol. The van der Waals surface area contributed by atoms with Crippen molar-refractivity contribution in [2.24, 2.45) is 7.05 Å². The Morgan fingerprint density at radius 2 is 2.04 bits per heavy atom. The molecule has 4 rings (SSSR count). The Bertz CT molecular complexity index is 1070. The van der Waals surface area contributed by atoms with Crippen LogP contribution in [0.1, 0.15) is 42.5 Å². The molecule has 0 aliphatic heterocycles. The predicted octanol–water partition coefficient (Wildman–Crippen LogP) is 1.89. The van der Waals surface area contributed by atoms with Crippen LogP contribution < -0.4 is 10.9 Å². The molecule has 1 amide bonds. The van der Waals surface area contributed by atoms with Crippen molar-refractivity contribution in [3.8, 4) is 0 Å². The third kappa shape index (κ3) is 3.37. The summed E-state index contributed by atoms with van der Waals surface area (Å²) in [7, 11) is 1.73. The molecule has 7 heteroatoms. The van der Waals surface area contributed by atoms with Crippen LogP contribution in [0.4, 0.5) is 0 Å². The first-order valence-corrected chi connectivity index (χ1v) is 9.31. The lowest BCUT2D eigenvalue weighted by Crippen LogP contribution is -2.34. The van der Waals surface area contributed by atoms with Crippen LogP contribution in [0.25, 0.3) is 11.0 Å². The number of nitrogens with one attached hydrogen (secondary N) is 1. The second-order valence-electron chi connectivity index (χ2n) is 7.21. The zero-order valence-electron chi connectivity index (χ0n) is 15.6. The van der Waals surface area contributed by atoms with E-state index in [9.17, 15) is 9.59 Å². The minimum Gasteiger partial charge on any atom is -0.348 e. The highest BCUT2D eigenvalue weighted by atomic mass is 16.2. The van der Waals surface area contributed by atoms with E-state index >= 15 is 0 Å². The van der Waals surface area contributed by atoms with E-state index in [1.54, 1.807) is 11.7 Å². The maximum atomic E-state index is 12.5. The number of amides is 1. The molecular weight excluding hydrogens is 342 g/mol. The predicted molar refractivity (Wildman–Crippen MR) is 102 cm³/mol. The van der Waals surface area contributed by atoms with Gasteiger partial charge in [0, 0.05) is 7.05 Å². The lowest BCUT2D eigenvalue weighted by Gasteiger charge is -2.20. The van der Waals surface area contributed by atoms with Crippen LogP contribution >= 0.6 is 0 Å². The Hall–Kier alpha value is -2.96. The minimum absolute atomic E-state index is 0.0635. The van der Waals surface area contributed by atoms with Crippen molar-refractivity contribution in [2.45, 2.75) is 45.2 Å². The van der Waals surface area contributed by atoms with Crippen molar-refractivity contribution in [1.82, 2.24) is 24.6 Å². The average Bonchev–Trinajstić information content (AvgIpc) is 3.05. The molecule has 0 saturated heterocycles. The van der Waals surface area contributed by atoms with Crippen LogP contribution in [-0.4, -0.2) is 25.2 Å². The molecule has 0 fully saturated rings. The Morgan fingerprint density at radius 3 is 2.85 bits per heavy atom. The quantitative estimate of drug-likeness (QED) is 0.765. The molecule has 0 radical (unpaired) electrons. The zero-order valence-corrected chi connectivity index (χ0v) is 15.6. The molecular formula is C20H23N5O2. The van der Waals surface area contributed by atoms with Gasteiger partial charge in [-0.1, -0.05) is 18.2 Å². The summed E-state index contributed by atoms with van der Waals surface area (Å²) in [5, 5.41) is 7.44. The van der Waals surface area contributed by atoms with Gasteiger partial charge in [0.25, 0.3) is 5.56 Å². The molecule has 27 heavy (non-hydrogen) atoms. The maximum absolute atomic E-state index is 12.5. The number of hydrogen-bond donors (Lipinski definition) is 1. The molecule has 1 aromatic carbocycles. The van der Waals surface area contributed by atoms with E-state index in [1.807, 2.05) is 6.92 Å². The van der Waals surface area contributed by atoms with Crippen LogP contribution in [0.15, 0.2) is 35.5 Å². The topological polar surface area (TPSA) is 81.8 Å². The SMILES string of the molecule is C[C@@H](NC(=O)Cn1cnc2c(cnn2C)c1=O)c1ccc2c(c1)CCCC2. The first-order valence-electron chi connectivity index (χ1n) is 9.31. The number of aromatic nitrogens is 4. The van der Waals surface area contributed by atoms with Crippen molar-refractivity contribution in [2.75, 3.05) is 0 Å². The van der Waals surface area contributed by atoms with Gasteiger partial charge < -0.3 is 5.32 Å². The van der Waals surface area contributed by atoms with Gasteiger partial charge in [-0.05, 0) is 49.3 Å². The summed E-state index contributed by atoms with van der Waals surface area (Å²) in [5.74, 6) is -0.215. The number of rotatable bonds is 4. The summed E-state index contributed by atoms with van der Waals surface area (Å²) < 4.78 is 2.86. The fourth-order valence-electron chi connectivity index (χ4n) is 3.73. The van der Waals surface area contributed by atoms with Gasteiger partial charge in [-0.2, -0.15) is 5.10 Å². The van der Waals surface area contributed by atoms with Crippen LogP contribution in [0.5, 0.6) is 0 Å². The van der Waals surface area contributed by atoms with E-state index in [1.165, 1.54) is 41.1 Å². The van der Waals surface area contributed by atoms with Crippen LogP contribution in [0.3, 0.4) is 0 Å². The molecule has 1 aliphatic rings. The first-order chi connectivity index (χ1) is 13.0. The van der Waals surface area contributed by atoms with E-state index < -0.39 is 0 Å². The number of benzene rings is 1. The normalized spacial score (nSPS) is 14.7. The van der Waals surface area contributed by atoms with E-state index in [2.05, 4.69) is 33.6 Å². The second kappa shape index (κ2) is 6.98. The smallest absolute Gasteiger partial charge is 0.264 e. The fourth-order valence-corrected chi connectivity index (χ4v) is 3.73. The van der Waals surface area contributed by atoms with Crippen molar-refractivity contribution in [1.29, 1.82) is 0 Å². The number of fused-ring (bicyclic) bond motifs is 2. The number of carbonyl (C=O) groups excluding carboxylic acids is 1. The molecule has 1 aliphatic carbocycles. The summed E-state index contributed by atoms with van der Waals surface area (Å²) in [6, 6.07) is 6.35. The lowest BCUT2D eigenvalue weighted by molar-refractivity contribution is -0.122. The molecule has 140 valence electrons. The van der Waals surface area contributed by atoms with Gasteiger partial charge in [0.05, 0.1) is 12.2 Å². The van der Waals surface area contributed by atoms with Crippen molar-refractivity contribution in [3.63, 3.8) is 0 Å². The van der Waals surface area contributed by atoms with Crippen molar-refractivity contribution >= 4 is 16.9 Å². The highest BCUT2D eigenvalue weighted by molar-refractivity contribution is 5.77. The number of carbonyl (C=O) groups is 1. The zero-order chi connectivity index (χ0) is 19.0. The van der Waals surface area contributed by atoms with Gasteiger partial charge in [-0.3, -0.25) is 18.8 Å². The highest BCUT2D eigenvalue weighted by Crippen LogP contribution is 2.24. The third-order valence-corrected chi connectivity index (χ3v) is 5.28. The van der Waals surface area contributed by atoms with Gasteiger partial charge in [0.15, 0.2) is 5.65 Å². The first kappa shape index (κ1) is 17.5. The van der Waals surface area contributed by atoms with Crippen LogP contribution in [0.2, 0.25) is 0 Å². The molecule has 2 aromatic heterocycles. The maximum Gasteiger partial charge on any atom is 0.264 e. The second-order valence-corrected chi connectivity index (χ2v) is 7.21. The van der Waals surface area contributed by atoms with Crippen LogP contribution in [0, 0.1) is 0 Å². The Labute approximate surface area is 157 Å². The summed E-state index contributed by atoms with van der Waals surface area (Å²) >= 11 is 0. The number of nitrogens with zero attached hydrogens (tertiary/aromatic N) is 4. The molecule has 1 atom stereocenters. The van der Waals surface area contributed by atoms with Gasteiger partial charge >= 0.3 is 0 Å². The largest absolute Gasteiger partial charge is 0.348 e. The molecule has 3 aromatic rings. The van der Waals surface area contributed by atoms with Gasteiger partial charge in [0.1, 0.15) is 18.3 Å². The van der Waals surface area contributed by atoms with E-state index in [0.29, 0.717) is 11.0 Å². The average molecular weight is 365 g/mol. The molecule has 1 N–H and O–H groups in total. The van der Waals surface area contributed by atoms with Crippen molar-refractivity contribution in [3.05, 3.63) is 57.8 Å². The Kier molecular flexibility index (Phi) is 4.51. The van der Waals surface area contributed by atoms with E-state index in [0.717, 1.165) is 18.4 Å². The van der Waals surface area contributed by atoms with E-state index in [-0.39, 0.29) is 24.1 Å². The standard InChI is InChI=1S/C20H23N5O2/c1-13(15-8-7-14-5-3-4-6-16(14)9-15)23-18(26)11-25-12-21-19-17(20(25)27)10-22-24(19)2/h7-10,12-13H,3-6,11H2,1-2H3,(H,23,26)/t13-/m1/s1. The molecule has 7 nitrogen and oxygen atoms in total. The molecule has 0 unspecified atom stereocenters. The summed E-state index contributed by atoms with van der Waals surface area (Å²) in [6.45, 7) is 1.90. The fraction of sp³-hybridized carbons (Fsp3) is 0.400. The molecule has 0 saturated carbocycles. The number of aryl methyl sites for hydroxylation is 3. The summed E-state index contributed by atoms with van der Waals surface area (Å²) in [5.41, 5.74) is 4.16. The Morgan fingerprint density at radius 1 is 1.26 bits per heavy atom. The molecule has 0 bridgehead atoms. The molecule has 0 spiro atoms. The third-order valence-electron chi connectivity index (χ3n) is 5.28. The number of hydrogen-bond acceptors (Lipinski definition) is 4. The summed E-state index contributed by atoms with van der Waals surface area (Å²) in [6.07, 6.45) is 7.61. The highest BCUT2D eigenvalue weighted by Gasteiger charge is 2.15.